The summed E-state index contributed by atoms with van der Waals surface area (Å²) >= 11 is 1.74. The number of amides is 1. The summed E-state index contributed by atoms with van der Waals surface area (Å²) < 4.78 is 13.2. The van der Waals surface area contributed by atoms with Gasteiger partial charge in [-0.1, -0.05) is 12.1 Å². The summed E-state index contributed by atoms with van der Waals surface area (Å²) in [4.78, 5) is 14.4. The van der Waals surface area contributed by atoms with Gasteiger partial charge in [-0.25, -0.2) is 10.2 Å². The van der Waals surface area contributed by atoms with Crippen molar-refractivity contribution in [2.24, 2.45) is 5.84 Å². The predicted molar refractivity (Wildman–Crippen MR) is 95.1 cm³/mol. The van der Waals surface area contributed by atoms with Crippen LogP contribution < -0.4 is 16.6 Å². The molecule has 4 N–H and O–H groups in total. The number of carbonyl (C=O) groups is 1. The van der Waals surface area contributed by atoms with Crippen molar-refractivity contribution in [3.05, 3.63) is 53.6 Å². The van der Waals surface area contributed by atoms with Crippen LogP contribution >= 0.6 is 11.8 Å². The number of pyridine rings is 1. The molecule has 0 saturated heterocycles. The molecule has 7 heteroatoms. The molecule has 1 saturated carbocycles. The van der Waals surface area contributed by atoms with Crippen molar-refractivity contribution < 1.29 is 9.18 Å². The van der Waals surface area contributed by atoms with Crippen molar-refractivity contribution in [1.82, 2.24) is 10.4 Å². The van der Waals surface area contributed by atoms with Crippen molar-refractivity contribution in [3.8, 4) is 0 Å². The summed E-state index contributed by atoms with van der Waals surface area (Å²) in [6.45, 7) is 0. The molecular formula is C17H21FN4OS. The number of hydrogen-bond donors (Lipinski definition) is 3. The summed E-state index contributed by atoms with van der Waals surface area (Å²) in [6.07, 6.45) is 4.48. The first-order valence-corrected chi connectivity index (χ1v) is 8.61. The molecule has 1 aliphatic rings. The summed E-state index contributed by atoms with van der Waals surface area (Å²) in [5, 5.41) is 3.25. The van der Waals surface area contributed by atoms with Crippen LogP contribution in [0.15, 0.2) is 41.4 Å². The second-order valence-electron chi connectivity index (χ2n) is 5.29. The third-order valence-electron chi connectivity index (χ3n) is 3.54. The molecule has 1 aromatic heterocycles. The van der Waals surface area contributed by atoms with E-state index < -0.39 is 0 Å². The maximum Gasteiger partial charge on any atom is 0.221 e. The average Bonchev–Trinajstić information content (AvgIpc) is 3.45. The van der Waals surface area contributed by atoms with E-state index in [1.807, 2.05) is 7.05 Å². The largest absolute Gasteiger partial charge is 0.387 e. The number of carbonyl (C=O) groups excluding carboxylic acids is 1. The van der Waals surface area contributed by atoms with E-state index in [9.17, 15) is 4.39 Å². The fourth-order valence-electron chi connectivity index (χ4n) is 2.30. The number of halogens is 1. The fraction of sp³-hybridized carbons (Fsp3) is 0.294. The summed E-state index contributed by atoms with van der Waals surface area (Å²) in [5.41, 5.74) is 5.09. The van der Waals surface area contributed by atoms with Crippen molar-refractivity contribution in [1.29, 1.82) is 0 Å². The summed E-state index contributed by atoms with van der Waals surface area (Å²) in [5.74, 6) is 5.58. The highest BCUT2D eigenvalue weighted by atomic mass is 32.2. The number of anilines is 1. The van der Waals surface area contributed by atoms with Crippen LogP contribution in [-0.2, 0) is 10.5 Å². The number of nitrogens with zero attached hydrogens (tertiary/aromatic N) is 1. The van der Waals surface area contributed by atoms with Crippen molar-refractivity contribution in [2.45, 2.75) is 29.4 Å². The second kappa shape index (κ2) is 9.24. The topological polar surface area (TPSA) is 80.0 Å². The number of nitrogens with one attached hydrogen (secondary N) is 2. The minimum Gasteiger partial charge on any atom is -0.387 e. The third kappa shape index (κ3) is 5.21. The molecule has 1 aliphatic carbocycles. The third-order valence-corrected chi connectivity index (χ3v) is 4.73. The van der Waals surface area contributed by atoms with Crippen molar-refractivity contribution in [2.75, 3.05) is 12.4 Å². The zero-order valence-electron chi connectivity index (χ0n) is 13.5. The van der Waals surface area contributed by atoms with Gasteiger partial charge in [-0.2, -0.15) is 0 Å². The molecule has 0 aliphatic heterocycles. The van der Waals surface area contributed by atoms with Crippen molar-refractivity contribution >= 4 is 23.9 Å². The van der Waals surface area contributed by atoms with Crippen molar-refractivity contribution in [3.63, 3.8) is 0 Å². The first kappa shape index (κ1) is 18.2. The van der Waals surface area contributed by atoms with Gasteiger partial charge in [0.25, 0.3) is 0 Å². The molecule has 2 aromatic rings. The highest BCUT2D eigenvalue weighted by Crippen LogP contribution is 2.46. The molecule has 0 bridgehead atoms. The molecule has 0 atom stereocenters. The number of nitrogens with two attached hydrogens (primary N) is 1. The van der Waals surface area contributed by atoms with E-state index in [2.05, 4.69) is 34.3 Å². The van der Waals surface area contributed by atoms with E-state index in [0.717, 1.165) is 11.4 Å². The molecule has 1 fully saturated rings. The van der Waals surface area contributed by atoms with E-state index in [4.69, 9.17) is 4.79 Å². The quantitative estimate of drug-likeness (QED) is 0.246. The van der Waals surface area contributed by atoms with E-state index >= 15 is 0 Å². The monoisotopic (exact) mass is 348 g/mol. The SMILES string of the molecule is CNc1cccc(C2CC2)c1SCc1cc(F)ccn1.NNC=O. The maximum atomic E-state index is 13.2. The van der Waals surface area contributed by atoms with Gasteiger partial charge in [-0.3, -0.25) is 15.2 Å². The zero-order valence-corrected chi connectivity index (χ0v) is 14.3. The van der Waals surface area contributed by atoms with Gasteiger partial charge in [0.05, 0.1) is 5.69 Å². The van der Waals surface area contributed by atoms with Gasteiger partial charge in [0.1, 0.15) is 5.82 Å². The molecule has 128 valence electrons. The van der Waals surface area contributed by atoms with Gasteiger partial charge >= 0.3 is 0 Å². The van der Waals surface area contributed by atoms with Gasteiger partial charge in [-0.15, -0.1) is 11.8 Å². The lowest BCUT2D eigenvalue weighted by Crippen LogP contribution is -2.18. The first-order chi connectivity index (χ1) is 11.7. The number of benzene rings is 1. The summed E-state index contributed by atoms with van der Waals surface area (Å²) in [6, 6.07) is 9.29. The van der Waals surface area contributed by atoms with Crippen LogP contribution in [0.2, 0.25) is 0 Å². The Morgan fingerprint density at radius 1 is 1.42 bits per heavy atom. The molecule has 24 heavy (non-hydrogen) atoms. The minimum absolute atomic E-state index is 0.222. The highest BCUT2D eigenvalue weighted by molar-refractivity contribution is 7.98. The Kier molecular flexibility index (Phi) is 7.02. The van der Waals surface area contributed by atoms with Gasteiger partial charge in [0.15, 0.2) is 0 Å². The van der Waals surface area contributed by atoms with Crippen LogP contribution in [0.4, 0.5) is 10.1 Å². The van der Waals surface area contributed by atoms with Gasteiger partial charge in [-0.05, 0) is 42.5 Å². The number of rotatable bonds is 6. The standard InChI is InChI=1S/C16H17FN2S.CH4N2O/c1-18-15-4-2-3-14(11-5-6-11)16(15)20-10-13-9-12(17)7-8-19-13;2-3-1-4/h2-4,7-9,11,18H,5-6,10H2,1H3;1H,2H2,(H,3,4). The number of hydrogen-bond acceptors (Lipinski definition) is 5. The highest BCUT2D eigenvalue weighted by Gasteiger charge is 2.27. The maximum absolute atomic E-state index is 13.2. The smallest absolute Gasteiger partial charge is 0.221 e. The average molecular weight is 348 g/mol. The predicted octanol–water partition coefficient (Wildman–Crippen LogP) is 3.04. The first-order valence-electron chi connectivity index (χ1n) is 7.63. The zero-order chi connectivity index (χ0) is 17.4. The Morgan fingerprint density at radius 2 is 2.17 bits per heavy atom. The lowest BCUT2D eigenvalue weighted by molar-refractivity contribution is -0.109. The number of hydrazine groups is 1. The Morgan fingerprint density at radius 3 is 2.75 bits per heavy atom. The molecule has 1 amide bonds. The lowest BCUT2D eigenvalue weighted by Gasteiger charge is -2.13. The van der Waals surface area contributed by atoms with Gasteiger partial charge < -0.3 is 5.32 Å². The van der Waals surface area contributed by atoms with E-state index in [1.54, 1.807) is 17.2 Å². The lowest BCUT2D eigenvalue weighted by atomic mass is 10.1. The molecule has 1 aromatic carbocycles. The van der Waals surface area contributed by atoms with E-state index in [-0.39, 0.29) is 5.82 Å². The fourth-order valence-corrected chi connectivity index (χ4v) is 3.48. The summed E-state index contributed by atoms with van der Waals surface area (Å²) in [7, 11) is 1.94. The Balaban J connectivity index is 0.000000471. The van der Waals surface area contributed by atoms with Gasteiger partial charge in [0.2, 0.25) is 6.41 Å². The molecule has 0 radical (unpaired) electrons. The van der Waals surface area contributed by atoms with Crippen LogP contribution in [0.3, 0.4) is 0 Å². The van der Waals surface area contributed by atoms with E-state index in [0.29, 0.717) is 18.1 Å². The molecule has 5 nitrogen and oxygen atoms in total. The molecule has 1 heterocycles. The van der Waals surface area contributed by atoms with E-state index in [1.165, 1.54) is 41.6 Å². The number of aromatic nitrogens is 1. The number of thioether (sulfide) groups is 1. The Labute approximate surface area is 145 Å². The normalized spacial score (nSPS) is 12.8. The Hall–Kier alpha value is -2.12. The van der Waals surface area contributed by atoms with Crippen LogP contribution in [0.5, 0.6) is 0 Å². The van der Waals surface area contributed by atoms with Crippen LogP contribution in [0.25, 0.3) is 0 Å². The second-order valence-corrected chi connectivity index (χ2v) is 6.27. The Bertz CT molecular complexity index is 679. The van der Waals surface area contributed by atoms with Crippen LogP contribution in [0.1, 0.15) is 30.0 Å². The van der Waals surface area contributed by atoms with Gasteiger partial charge in [0, 0.05) is 29.6 Å². The minimum atomic E-state index is -0.222. The molecular weight excluding hydrogens is 327 g/mol. The molecule has 0 spiro atoms. The van der Waals surface area contributed by atoms with Crippen LogP contribution in [0, 0.1) is 5.82 Å². The van der Waals surface area contributed by atoms with Crippen LogP contribution in [-0.4, -0.2) is 18.4 Å². The molecule has 3 rings (SSSR count). The molecule has 0 unspecified atom stereocenters.